The molecular formula is C15H19N5O3S. The first kappa shape index (κ1) is 16.6. The van der Waals surface area contributed by atoms with E-state index in [1.54, 1.807) is 30.0 Å². The highest BCUT2D eigenvalue weighted by molar-refractivity contribution is 7.89. The van der Waals surface area contributed by atoms with Crippen LogP contribution in [0.3, 0.4) is 0 Å². The van der Waals surface area contributed by atoms with Crippen LogP contribution in [-0.4, -0.2) is 36.1 Å². The molecule has 1 amide bonds. The third-order valence-electron chi connectivity index (χ3n) is 4.04. The minimum absolute atomic E-state index is 0.0894. The summed E-state index contributed by atoms with van der Waals surface area (Å²) in [4.78, 5) is 17.5. The van der Waals surface area contributed by atoms with Crippen molar-refractivity contribution in [1.29, 1.82) is 0 Å². The number of aromatic amines is 1. The third-order valence-corrected chi connectivity index (χ3v) is 5.58. The van der Waals surface area contributed by atoms with Crippen molar-refractivity contribution in [2.45, 2.75) is 37.6 Å². The van der Waals surface area contributed by atoms with E-state index < -0.39 is 16.1 Å². The molecule has 1 aliphatic rings. The van der Waals surface area contributed by atoms with Crippen LogP contribution >= 0.6 is 0 Å². The molecule has 0 saturated heterocycles. The fourth-order valence-corrected chi connectivity index (χ4v) is 4.06. The van der Waals surface area contributed by atoms with Crippen molar-refractivity contribution in [2.75, 3.05) is 11.4 Å². The smallest absolute Gasteiger partial charge is 0.241 e. The summed E-state index contributed by atoms with van der Waals surface area (Å²) in [6.07, 6.45) is 3.03. The Morgan fingerprint density at radius 2 is 2.21 bits per heavy atom. The Balaban J connectivity index is 1.91. The number of H-pyrrole nitrogens is 1. The second-order valence-electron chi connectivity index (χ2n) is 5.78. The molecule has 1 aromatic heterocycles. The Bertz CT molecular complexity index is 848. The average molecular weight is 349 g/mol. The number of hydrogen-bond donors (Lipinski definition) is 2. The topological polar surface area (TPSA) is 108 Å². The van der Waals surface area contributed by atoms with Crippen molar-refractivity contribution in [3.8, 4) is 0 Å². The zero-order valence-corrected chi connectivity index (χ0v) is 14.3. The summed E-state index contributed by atoms with van der Waals surface area (Å²) in [5.41, 5.74) is 1.66. The van der Waals surface area contributed by atoms with Crippen molar-refractivity contribution >= 4 is 21.6 Å². The van der Waals surface area contributed by atoms with Gasteiger partial charge in [0.25, 0.3) is 0 Å². The van der Waals surface area contributed by atoms with Crippen LogP contribution in [0.1, 0.15) is 37.7 Å². The van der Waals surface area contributed by atoms with Gasteiger partial charge in [-0.15, -0.1) is 0 Å². The molecule has 8 nitrogen and oxygen atoms in total. The first-order valence-electron chi connectivity index (χ1n) is 7.67. The standard InChI is InChI=1S/C15H19N5O3S/c1-10(15-16-9-17-18-15)19-24(22,23)13-6-5-12-4-3-7-20(11(2)21)14(12)8-13/h5-6,8-10,19H,3-4,7H2,1-2H3,(H,16,17,18). The predicted octanol–water partition coefficient (Wildman–Crippen LogP) is 1.14. The molecule has 0 fully saturated rings. The third kappa shape index (κ3) is 3.17. The molecule has 0 spiro atoms. The van der Waals surface area contributed by atoms with E-state index in [-0.39, 0.29) is 10.8 Å². The number of sulfonamides is 1. The summed E-state index contributed by atoms with van der Waals surface area (Å²) < 4.78 is 27.8. The van der Waals surface area contributed by atoms with Crippen LogP contribution in [0.25, 0.3) is 0 Å². The first-order chi connectivity index (χ1) is 11.4. The van der Waals surface area contributed by atoms with Gasteiger partial charge in [-0.2, -0.15) is 5.10 Å². The molecule has 0 radical (unpaired) electrons. The highest BCUT2D eigenvalue weighted by atomic mass is 32.2. The fraction of sp³-hybridized carbons (Fsp3) is 0.400. The number of aromatic nitrogens is 3. The van der Waals surface area contributed by atoms with Gasteiger partial charge in [0.2, 0.25) is 15.9 Å². The van der Waals surface area contributed by atoms with Crippen LogP contribution in [0.4, 0.5) is 5.69 Å². The Morgan fingerprint density at radius 3 is 2.88 bits per heavy atom. The second kappa shape index (κ2) is 6.33. The van der Waals surface area contributed by atoms with E-state index in [9.17, 15) is 13.2 Å². The van der Waals surface area contributed by atoms with Gasteiger partial charge in [-0.3, -0.25) is 9.89 Å². The molecular weight excluding hydrogens is 330 g/mol. The maximum absolute atomic E-state index is 12.6. The zero-order chi connectivity index (χ0) is 17.3. The van der Waals surface area contributed by atoms with Crippen molar-refractivity contribution in [3.05, 3.63) is 35.9 Å². The van der Waals surface area contributed by atoms with E-state index in [0.717, 1.165) is 18.4 Å². The SMILES string of the molecule is CC(=O)N1CCCc2ccc(S(=O)(=O)NC(C)c3ncn[nH]3)cc21. The largest absolute Gasteiger partial charge is 0.312 e. The summed E-state index contributed by atoms with van der Waals surface area (Å²) in [5.74, 6) is 0.343. The Hall–Kier alpha value is -2.26. The van der Waals surface area contributed by atoms with Gasteiger partial charge in [0.15, 0.2) is 0 Å². The molecule has 128 valence electrons. The molecule has 0 bridgehead atoms. The normalized spacial score (nSPS) is 15.8. The molecule has 3 rings (SSSR count). The van der Waals surface area contributed by atoms with Gasteiger partial charge in [-0.1, -0.05) is 6.07 Å². The van der Waals surface area contributed by atoms with Gasteiger partial charge in [-0.25, -0.2) is 18.1 Å². The Kier molecular flexibility index (Phi) is 4.37. The lowest BCUT2D eigenvalue weighted by Crippen LogP contribution is -2.34. The van der Waals surface area contributed by atoms with E-state index in [0.29, 0.717) is 18.1 Å². The number of hydrogen-bond acceptors (Lipinski definition) is 5. The summed E-state index contributed by atoms with van der Waals surface area (Å²) in [6, 6.07) is 4.36. The highest BCUT2D eigenvalue weighted by Gasteiger charge is 2.25. The number of nitrogens with zero attached hydrogens (tertiary/aromatic N) is 3. The number of fused-ring (bicyclic) bond motifs is 1. The summed E-state index contributed by atoms with van der Waals surface area (Å²) in [7, 11) is -3.74. The summed E-state index contributed by atoms with van der Waals surface area (Å²) in [5, 5.41) is 6.36. The maximum atomic E-state index is 12.6. The lowest BCUT2D eigenvalue weighted by atomic mass is 10.0. The molecule has 0 saturated carbocycles. The second-order valence-corrected chi connectivity index (χ2v) is 7.49. The van der Waals surface area contributed by atoms with Crippen LogP contribution in [0.15, 0.2) is 29.4 Å². The highest BCUT2D eigenvalue weighted by Crippen LogP contribution is 2.30. The number of carbonyl (C=O) groups excluding carboxylic acids is 1. The van der Waals surface area contributed by atoms with Crippen molar-refractivity contribution in [2.24, 2.45) is 0 Å². The van der Waals surface area contributed by atoms with E-state index in [1.807, 2.05) is 0 Å². The molecule has 2 N–H and O–H groups in total. The van der Waals surface area contributed by atoms with Crippen LogP contribution in [0.2, 0.25) is 0 Å². The van der Waals surface area contributed by atoms with E-state index >= 15 is 0 Å². The van der Waals surface area contributed by atoms with Crippen molar-refractivity contribution < 1.29 is 13.2 Å². The van der Waals surface area contributed by atoms with Crippen molar-refractivity contribution in [1.82, 2.24) is 19.9 Å². The molecule has 0 aliphatic carbocycles. The van der Waals surface area contributed by atoms with Crippen LogP contribution in [0.5, 0.6) is 0 Å². The molecule has 1 unspecified atom stereocenters. The maximum Gasteiger partial charge on any atom is 0.241 e. The Morgan fingerprint density at radius 1 is 1.42 bits per heavy atom. The van der Waals surface area contributed by atoms with Crippen LogP contribution in [0, 0.1) is 0 Å². The lowest BCUT2D eigenvalue weighted by Gasteiger charge is -2.29. The van der Waals surface area contributed by atoms with Gasteiger partial charge < -0.3 is 4.90 Å². The first-order valence-corrected chi connectivity index (χ1v) is 9.15. The monoisotopic (exact) mass is 349 g/mol. The fourth-order valence-electron chi connectivity index (χ4n) is 2.83. The van der Waals surface area contributed by atoms with Gasteiger partial charge in [0.05, 0.1) is 10.9 Å². The molecule has 1 aromatic carbocycles. The van der Waals surface area contributed by atoms with Crippen molar-refractivity contribution in [3.63, 3.8) is 0 Å². The minimum Gasteiger partial charge on any atom is -0.312 e. The van der Waals surface area contributed by atoms with E-state index in [1.165, 1.54) is 13.3 Å². The molecule has 1 atom stereocenters. The lowest BCUT2D eigenvalue weighted by molar-refractivity contribution is -0.116. The van der Waals surface area contributed by atoms with Gasteiger partial charge in [0, 0.05) is 19.2 Å². The number of nitrogens with one attached hydrogen (secondary N) is 2. The number of carbonyl (C=O) groups is 1. The zero-order valence-electron chi connectivity index (χ0n) is 13.5. The molecule has 1 aliphatic heterocycles. The number of amides is 1. The minimum atomic E-state index is -3.74. The van der Waals surface area contributed by atoms with Gasteiger partial charge in [-0.05, 0) is 37.5 Å². The van der Waals surface area contributed by atoms with Gasteiger partial charge in [0.1, 0.15) is 12.2 Å². The summed E-state index contributed by atoms with van der Waals surface area (Å²) in [6.45, 7) is 3.77. The van der Waals surface area contributed by atoms with Crippen LogP contribution < -0.4 is 9.62 Å². The Labute approximate surface area is 140 Å². The molecule has 2 heterocycles. The van der Waals surface area contributed by atoms with E-state index in [2.05, 4.69) is 19.9 Å². The van der Waals surface area contributed by atoms with E-state index in [4.69, 9.17) is 0 Å². The predicted molar refractivity (Wildman–Crippen MR) is 87.9 cm³/mol. The molecule has 2 aromatic rings. The quantitative estimate of drug-likeness (QED) is 0.860. The van der Waals surface area contributed by atoms with Gasteiger partial charge >= 0.3 is 0 Å². The number of aryl methyl sites for hydroxylation is 1. The number of rotatable bonds is 4. The van der Waals surface area contributed by atoms with Crippen LogP contribution in [-0.2, 0) is 21.2 Å². The summed E-state index contributed by atoms with van der Waals surface area (Å²) >= 11 is 0. The number of anilines is 1. The molecule has 9 heteroatoms. The molecule has 24 heavy (non-hydrogen) atoms. The number of benzene rings is 1. The average Bonchev–Trinajstić information content (AvgIpc) is 3.07.